The number of carbonyl (C=O) groups excluding carboxylic acids is 1. The van der Waals surface area contributed by atoms with Gasteiger partial charge in [0.15, 0.2) is 11.8 Å². The summed E-state index contributed by atoms with van der Waals surface area (Å²) >= 11 is 1.49. The van der Waals surface area contributed by atoms with E-state index in [0.717, 1.165) is 10.9 Å². The smallest absolute Gasteiger partial charge is 0.417 e. The van der Waals surface area contributed by atoms with Gasteiger partial charge in [-0.05, 0) is 25.3 Å². The number of pyridine rings is 1. The van der Waals surface area contributed by atoms with Crippen molar-refractivity contribution >= 4 is 28.3 Å². The van der Waals surface area contributed by atoms with Crippen molar-refractivity contribution in [3.63, 3.8) is 0 Å². The Morgan fingerprint density at radius 3 is 2.81 bits per heavy atom. The maximum absolute atomic E-state index is 13.5. The van der Waals surface area contributed by atoms with E-state index in [0.29, 0.717) is 6.54 Å². The van der Waals surface area contributed by atoms with Crippen LogP contribution in [0.1, 0.15) is 23.1 Å². The molecular formula is C17H17F3N4O2S. The second kappa shape index (κ2) is 7.18. The minimum absolute atomic E-state index is 0.0449. The maximum Gasteiger partial charge on any atom is 0.417 e. The first kappa shape index (κ1) is 19.2. The summed E-state index contributed by atoms with van der Waals surface area (Å²) in [4.78, 5) is 17.2. The third kappa shape index (κ3) is 4.05. The Labute approximate surface area is 157 Å². The average Bonchev–Trinajstić information content (AvgIpc) is 3.20. The van der Waals surface area contributed by atoms with E-state index in [1.807, 2.05) is 17.5 Å². The molecule has 0 aliphatic carbocycles. The van der Waals surface area contributed by atoms with E-state index in [9.17, 15) is 18.0 Å². The molecular weight excluding hydrogens is 381 g/mol. The lowest BCUT2D eigenvalue weighted by Crippen LogP contribution is -2.36. The van der Waals surface area contributed by atoms with E-state index in [-0.39, 0.29) is 22.6 Å². The highest BCUT2D eigenvalue weighted by Gasteiger charge is 2.36. The number of fused-ring (bicyclic) bond motifs is 1. The van der Waals surface area contributed by atoms with Crippen molar-refractivity contribution in [3.8, 4) is 5.88 Å². The van der Waals surface area contributed by atoms with E-state index in [1.165, 1.54) is 36.9 Å². The first-order valence-corrected chi connectivity index (χ1v) is 8.93. The van der Waals surface area contributed by atoms with Crippen LogP contribution in [-0.4, -0.2) is 26.8 Å². The quantitative estimate of drug-likeness (QED) is 0.715. The molecule has 1 atom stereocenters. The number of thiophene rings is 1. The fraction of sp³-hybridized carbons (Fsp3) is 0.353. The number of ether oxygens (including phenoxy) is 1. The molecule has 1 amide bonds. The molecule has 6 nitrogen and oxygen atoms in total. The SMILES string of the molecule is Cc1nn(C)c2nc(OC(C)C(=O)NCc3cccs3)cc(C(F)(F)F)c12. The van der Waals surface area contributed by atoms with Crippen LogP contribution in [0.3, 0.4) is 0 Å². The molecule has 10 heteroatoms. The Hall–Kier alpha value is -2.62. The predicted molar refractivity (Wildman–Crippen MR) is 94.5 cm³/mol. The molecule has 0 spiro atoms. The van der Waals surface area contributed by atoms with Crippen LogP contribution in [0, 0.1) is 6.92 Å². The van der Waals surface area contributed by atoms with Gasteiger partial charge in [-0.25, -0.2) is 0 Å². The van der Waals surface area contributed by atoms with Gasteiger partial charge in [0.1, 0.15) is 0 Å². The van der Waals surface area contributed by atoms with Crippen LogP contribution in [0.25, 0.3) is 11.0 Å². The molecule has 3 rings (SSSR count). The first-order chi connectivity index (χ1) is 12.7. The molecule has 144 valence electrons. The number of nitrogens with one attached hydrogen (secondary N) is 1. The van der Waals surface area contributed by atoms with E-state index in [2.05, 4.69) is 15.4 Å². The second-order valence-corrected chi connectivity index (χ2v) is 7.00. The van der Waals surface area contributed by atoms with Crippen molar-refractivity contribution < 1.29 is 22.7 Å². The summed E-state index contributed by atoms with van der Waals surface area (Å²) in [5.74, 6) is -0.725. The Bertz CT molecular complexity index is 967. The molecule has 0 saturated heterocycles. The fourth-order valence-corrected chi connectivity index (χ4v) is 3.32. The number of alkyl halides is 3. The molecule has 0 bridgehead atoms. The van der Waals surface area contributed by atoms with Crippen LogP contribution in [0.5, 0.6) is 5.88 Å². The Morgan fingerprint density at radius 2 is 2.19 bits per heavy atom. The van der Waals surface area contributed by atoms with Gasteiger partial charge in [-0.15, -0.1) is 11.3 Å². The van der Waals surface area contributed by atoms with E-state index < -0.39 is 23.8 Å². The Kier molecular flexibility index (Phi) is 5.09. The number of hydrogen-bond acceptors (Lipinski definition) is 5. The number of hydrogen-bond donors (Lipinski definition) is 1. The third-order valence-electron chi connectivity index (χ3n) is 3.93. The van der Waals surface area contributed by atoms with Crippen LogP contribution in [0.2, 0.25) is 0 Å². The van der Waals surface area contributed by atoms with Crippen LogP contribution >= 0.6 is 11.3 Å². The molecule has 1 unspecified atom stereocenters. The number of aryl methyl sites for hydroxylation is 2. The van der Waals surface area contributed by atoms with Gasteiger partial charge in [-0.2, -0.15) is 23.3 Å². The monoisotopic (exact) mass is 398 g/mol. The highest BCUT2D eigenvalue weighted by Crippen LogP contribution is 2.37. The van der Waals surface area contributed by atoms with Gasteiger partial charge in [0.2, 0.25) is 5.88 Å². The summed E-state index contributed by atoms with van der Waals surface area (Å²) in [7, 11) is 1.50. The lowest BCUT2D eigenvalue weighted by Gasteiger charge is -2.16. The molecule has 3 aromatic rings. The lowest BCUT2D eigenvalue weighted by atomic mass is 10.1. The summed E-state index contributed by atoms with van der Waals surface area (Å²) in [6, 6.07) is 4.53. The standard InChI is InChI=1S/C17H17F3N4O2S/c1-9-14-12(17(18,19)20)7-13(22-15(14)24(3)23-9)26-10(2)16(25)21-8-11-5-4-6-27-11/h4-7,10H,8H2,1-3H3,(H,21,25). The van der Waals surface area contributed by atoms with Crippen LogP contribution < -0.4 is 10.1 Å². The third-order valence-corrected chi connectivity index (χ3v) is 4.81. The number of carbonyl (C=O) groups is 1. The van der Waals surface area contributed by atoms with E-state index in [1.54, 1.807) is 0 Å². The number of aromatic nitrogens is 3. The topological polar surface area (TPSA) is 69.0 Å². The van der Waals surface area contributed by atoms with Crippen molar-refractivity contribution in [3.05, 3.63) is 39.7 Å². The first-order valence-electron chi connectivity index (χ1n) is 8.05. The molecule has 0 saturated carbocycles. The Balaban J connectivity index is 1.83. The van der Waals surface area contributed by atoms with Gasteiger partial charge in [0.25, 0.3) is 5.91 Å². The molecule has 3 aromatic heterocycles. The van der Waals surface area contributed by atoms with Crippen LogP contribution in [0.15, 0.2) is 23.6 Å². The zero-order chi connectivity index (χ0) is 19.8. The number of nitrogens with zero attached hydrogens (tertiary/aromatic N) is 3. The minimum Gasteiger partial charge on any atom is -0.464 e. The Morgan fingerprint density at radius 1 is 1.44 bits per heavy atom. The number of amides is 1. The summed E-state index contributed by atoms with van der Waals surface area (Å²) in [5.41, 5.74) is -0.622. The largest absolute Gasteiger partial charge is 0.464 e. The summed E-state index contributed by atoms with van der Waals surface area (Å²) < 4.78 is 47.0. The molecule has 0 aromatic carbocycles. The van der Waals surface area contributed by atoms with Crippen LogP contribution in [-0.2, 0) is 24.6 Å². The van der Waals surface area contributed by atoms with Gasteiger partial charge in [-0.1, -0.05) is 6.07 Å². The number of rotatable bonds is 5. The van der Waals surface area contributed by atoms with Crippen molar-refractivity contribution in [1.29, 1.82) is 0 Å². The predicted octanol–water partition coefficient (Wildman–Crippen LogP) is 3.44. The minimum atomic E-state index is -4.60. The highest BCUT2D eigenvalue weighted by molar-refractivity contribution is 7.09. The average molecular weight is 398 g/mol. The van der Waals surface area contributed by atoms with Crippen molar-refractivity contribution in [2.45, 2.75) is 32.7 Å². The van der Waals surface area contributed by atoms with E-state index in [4.69, 9.17) is 4.74 Å². The normalized spacial score (nSPS) is 13.0. The fourth-order valence-electron chi connectivity index (χ4n) is 2.67. The number of halogens is 3. The van der Waals surface area contributed by atoms with Crippen molar-refractivity contribution in [2.75, 3.05) is 0 Å². The van der Waals surface area contributed by atoms with Crippen molar-refractivity contribution in [2.24, 2.45) is 7.05 Å². The van der Waals surface area contributed by atoms with E-state index >= 15 is 0 Å². The molecule has 3 heterocycles. The summed E-state index contributed by atoms with van der Waals surface area (Å²) in [6.07, 6.45) is -5.61. The van der Waals surface area contributed by atoms with Gasteiger partial charge in [-0.3, -0.25) is 9.48 Å². The molecule has 0 aliphatic rings. The second-order valence-electron chi connectivity index (χ2n) is 5.97. The zero-order valence-electron chi connectivity index (χ0n) is 14.8. The van der Waals surface area contributed by atoms with Gasteiger partial charge < -0.3 is 10.1 Å². The molecule has 0 radical (unpaired) electrons. The molecule has 0 aliphatic heterocycles. The van der Waals surface area contributed by atoms with Gasteiger partial charge >= 0.3 is 6.18 Å². The van der Waals surface area contributed by atoms with Gasteiger partial charge in [0, 0.05) is 18.0 Å². The van der Waals surface area contributed by atoms with Crippen LogP contribution in [0.4, 0.5) is 13.2 Å². The highest BCUT2D eigenvalue weighted by atomic mass is 32.1. The summed E-state index contributed by atoms with van der Waals surface area (Å²) in [5, 5.41) is 8.49. The maximum atomic E-state index is 13.5. The lowest BCUT2D eigenvalue weighted by molar-refractivity contribution is -0.136. The molecule has 1 N–H and O–H groups in total. The zero-order valence-corrected chi connectivity index (χ0v) is 15.6. The van der Waals surface area contributed by atoms with Gasteiger partial charge in [0.05, 0.1) is 23.2 Å². The summed E-state index contributed by atoms with van der Waals surface area (Å²) in [6.45, 7) is 3.27. The van der Waals surface area contributed by atoms with Crippen molar-refractivity contribution in [1.82, 2.24) is 20.1 Å². The molecule has 0 fully saturated rings. The molecule has 27 heavy (non-hydrogen) atoms.